The van der Waals surface area contributed by atoms with Crippen molar-refractivity contribution >= 4 is 23.0 Å². The van der Waals surface area contributed by atoms with Crippen molar-refractivity contribution in [3.63, 3.8) is 0 Å². The lowest BCUT2D eigenvalue weighted by atomic mass is 10.2. The first-order chi connectivity index (χ1) is 12.3. The first kappa shape index (κ1) is 17.6. The molecule has 1 heterocycles. The molecule has 3 aromatic rings. The van der Waals surface area contributed by atoms with Crippen molar-refractivity contribution in [3.8, 4) is 0 Å². The summed E-state index contributed by atoms with van der Waals surface area (Å²) in [4.78, 5) is 7.85. The Balaban J connectivity index is 1.78. The zero-order valence-corrected chi connectivity index (χ0v) is 13.0. The minimum absolute atomic E-state index is 0.192. The van der Waals surface area contributed by atoms with Crippen molar-refractivity contribution in [1.82, 2.24) is 9.97 Å². The van der Waals surface area contributed by atoms with Crippen molar-refractivity contribution in [3.05, 3.63) is 72.1 Å². The third kappa shape index (κ3) is 4.24. The lowest BCUT2D eigenvalue weighted by Crippen LogP contribution is -2.05. The van der Waals surface area contributed by atoms with Crippen LogP contribution in [0.3, 0.4) is 0 Å². The zero-order valence-electron chi connectivity index (χ0n) is 13.0. The molecule has 0 atom stereocenters. The molecular weight excluding hydrogens is 355 g/mol. The standard InChI is InChI=1S/C17H11F5N4/c18-13-5-4-12(7-14(13)19)26-16-8-15(23-9-24-16)25-11-3-1-2-10(6-11)17(20,21)22/h1-9H,(H2,23,24,25,26). The molecule has 26 heavy (non-hydrogen) atoms. The van der Waals surface area contributed by atoms with Gasteiger partial charge < -0.3 is 10.6 Å². The summed E-state index contributed by atoms with van der Waals surface area (Å²) < 4.78 is 64.4. The average molecular weight is 366 g/mol. The largest absolute Gasteiger partial charge is 0.416 e. The van der Waals surface area contributed by atoms with Gasteiger partial charge in [0.1, 0.15) is 18.0 Å². The van der Waals surface area contributed by atoms with Crippen LogP contribution in [-0.4, -0.2) is 9.97 Å². The number of nitrogens with one attached hydrogen (secondary N) is 2. The number of hydrogen-bond acceptors (Lipinski definition) is 4. The molecule has 134 valence electrons. The monoisotopic (exact) mass is 366 g/mol. The van der Waals surface area contributed by atoms with E-state index >= 15 is 0 Å². The van der Waals surface area contributed by atoms with E-state index in [4.69, 9.17) is 0 Å². The number of anilines is 4. The summed E-state index contributed by atoms with van der Waals surface area (Å²) >= 11 is 0. The Bertz CT molecular complexity index is 927. The van der Waals surface area contributed by atoms with Gasteiger partial charge in [-0.15, -0.1) is 0 Å². The van der Waals surface area contributed by atoms with E-state index in [0.717, 1.165) is 24.3 Å². The maximum absolute atomic E-state index is 13.2. The highest BCUT2D eigenvalue weighted by Gasteiger charge is 2.30. The smallest absolute Gasteiger partial charge is 0.340 e. The van der Waals surface area contributed by atoms with Gasteiger partial charge in [0.25, 0.3) is 0 Å². The van der Waals surface area contributed by atoms with E-state index in [1.54, 1.807) is 0 Å². The molecule has 3 rings (SSSR count). The van der Waals surface area contributed by atoms with Gasteiger partial charge in [-0.3, -0.25) is 0 Å². The van der Waals surface area contributed by atoms with Crippen molar-refractivity contribution < 1.29 is 22.0 Å². The number of halogens is 5. The summed E-state index contributed by atoms with van der Waals surface area (Å²) in [6.07, 6.45) is -3.28. The van der Waals surface area contributed by atoms with E-state index in [2.05, 4.69) is 20.6 Å². The summed E-state index contributed by atoms with van der Waals surface area (Å²) in [5, 5.41) is 5.49. The third-order valence-corrected chi connectivity index (χ3v) is 3.32. The summed E-state index contributed by atoms with van der Waals surface area (Å²) in [6, 6.07) is 9.29. The van der Waals surface area contributed by atoms with Gasteiger partial charge in [-0.05, 0) is 30.3 Å². The minimum atomic E-state index is -4.46. The second-order valence-electron chi connectivity index (χ2n) is 5.25. The molecule has 0 fully saturated rings. The maximum atomic E-state index is 13.2. The average Bonchev–Trinajstić information content (AvgIpc) is 2.58. The Kier molecular flexibility index (Phi) is 4.70. The predicted molar refractivity (Wildman–Crippen MR) is 86.4 cm³/mol. The number of rotatable bonds is 4. The van der Waals surface area contributed by atoms with Crippen LogP contribution in [0.5, 0.6) is 0 Å². The zero-order chi connectivity index (χ0) is 18.7. The Labute approximate surface area is 144 Å². The van der Waals surface area contributed by atoms with Gasteiger partial charge >= 0.3 is 6.18 Å². The quantitative estimate of drug-likeness (QED) is 0.619. The van der Waals surface area contributed by atoms with E-state index in [0.29, 0.717) is 0 Å². The van der Waals surface area contributed by atoms with Gasteiger partial charge in [-0.25, -0.2) is 18.7 Å². The van der Waals surface area contributed by atoms with Gasteiger partial charge in [0.2, 0.25) is 0 Å². The molecule has 0 saturated heterocycles. The highest BCUT2D eigenvalue weighted by atomic mass is 19.4. The lowest BCUT2D eigenvalue weighted by molar-refractivity contribution is -0.137. The van der Waals surface area contributed by atoms with E-state index in [9.17, 15) is 22.0 Å². The molecule has 9 heteroatoms. The first-order valence-corrected chi connectivity index (χ1v) is 7.30. The Morgan fingerprint density at radius 2 is 1.38 bits per heavy atom. The Morgan fingerprint density at radius 3 is 2.00 bits per heavy atom. The fraction of sp³-hybridized carbons (Fsp3) is 0.0588. The molecular formula is C17H11F5N4. The number of hydrogen-bond donors (Lipinski definition) is 2. The molecule has 0 aliphatic carbocycles. The molecule has 0 aliphatic heterocycles. The molecule has 2 N–H and O–H groups in total. The van der Waals surface area contributed by atoms with Crippen LogP contribution in [0.2, 0.25) is 0 Å². The number of alkyl halides is 3. The van der Waals surface area contributed by atoms with Gasteiger partial charge in [0.15, 0.2) is 11.6 Å². The molecule has 0 spiro atoms. The van der Waals surface area contributed by atoms with Crippen LogP contribution in [0.1, 0.15) is 5.56 Å². The van der Waals surface area contributed by atoms with Crippen LogP contribution in [0.25, 0.3) is 0 Å². The highest BCUT2D eigenvalue weighted by molar-refractivity contribution is 5.63. The van der Waals surface area contributed by atoms with Crippen LogP contribution in [-0.2, 0) is 6.18 Å². The van der Waals surface area contributed by atoms with Crippen molar-refractivity contribution in [1.29, 1.82) is 0 Å². The molecule has 0 saturated carbocycles. The van der Waals surface area contributed by atoms with Crippen LogP contribution in [0, 0.1) is 11.6 Å². The first-order valence-electron chi connectivity index (χ1n) is 7.30. The predicted octanol–water partition coefficient (Wildman–Crippen LogP) is 5.26. The molecule has 0 amide bonds. The lowest BCUT2D eigenvalue weighted by Gasteiger charge is -2.11. The second kappa shape index (κ2) is 6.95. The number of benzene rings is 2. The van der Waals surface area contributed by atoms with Crippen LogP contribution in [0.15, 0.2) is 54.9 Å². The van der Waals surface area contributed by atoms with Crippen molar-refractivity contribution in [2.24, 2.45) is 0 Å². The summed E-state index contributed by atoms with van der Waals surface area (Å²) in [5.41, 5.74) is -0.346. The van der Waals surface area contributed by atoms with Crippen LogP contribution in [0.4, 0.5) is 45.0 Å². The summed E-state index contributed by atoms with van der Waals surface area (Å²) in [6.45, 7) is 0. The van der Waals surface area contributed by atoms with Crippen LogP contribution >= 0.6 is 0 Å². The van der Waals surface area contributed by atoms with Crippen LogP contribution < -0.4 is 10.6 Å². The van der Waals surface area contributed by atoms with E-state index in [1.807, 2.05) is 0 Å². The second-order valence-corrected chi connectivity index (χ2v) is 5.25. The summed E-state index contributed by atoms with van der Waals surface area (Å²) in [7, 11) is 0. The highest BCUT2D eigenvalue weighted by Crippen LogP contribution is 2.31. The Morgan fingerprint density at radius 1 is 0.731 bits per heavy atom. The number of nitrogens with zero attached hydrogens (tertiary/aromatic N) is 2. The van der Waals surface area contributed by atoms with Gasteiger partial charge in [0.05, 0.1) is 5.56 Å². The van der Waals surface area contributed by atoms with Crippen molar-refractivity contribution in [2.45, 2.75) is 6.18 Å². The normalized spacial score (nSPS) is 11.3. The fourth-order valence-corrected chi connectivity index (χ4v) is 2.14. The van der Waals surface area contributed by atoms with Gasteiger partial charge in [-0.2, -0.15) is 13.2 Å². The summed E-state index contributed by atoms with van der Waals surface area (Å²) in [5.74, 6) is -1.53. The Hall–Kier alpha value is -3.23. The molecule has 0 radical (unpaired) electrons. The van der Waals surface area contributed by atoms with Crippen molar-refractivity contribution in [2.75, 3.05) is 10.6 Å². The fourth-order valence-electron chi connectivity index (χ4n) is 2.14. The van der Waals surface area contributed by atoms with Gasteiger partial charge in [-0.1, -0.05) is 6.07 Å². The molecule has 4 nitrogen and oxygen atoms in total. The SMILES string of the molecule is Fc1ccc(Nc2cc(Nc3cccc(C(F)(F)F)c3)ncn2)cc1F. The van der Waals surface area contributed by atoms with Gasteiger partial charge in [0, 0.05) is 23.5 Å². The topological polar surface area (TPSA) is 49.8 Å². The maximum Gasteiger partial charge on any atom is 0.416 e. The molecule has 2 aromatic carbocycles. The van der Waals surface area contributed by atoms with E-state index in [1.165, 1.54) is 30.6 Å². The van der Waals surface area contributed by atoms with E-state index < -0.39 is 23.4 Å². The molecule has 0 aliphatic rings. The minimum Gasteiger partial charge on any atom is -0.340 e. The molecule has 0 bridgehead atoms. The van der Waals surface area contributed by atoms with E-state index in [-0.39, 0.29) is 23.0 Å². The number of aromatic nitrogens is 2. The molecule has 0 unspecified atom stereocenters. The molecule has 1 aromatic heterocycles. The third-order valence-electron chi connectivity index (χ3n) is 3.32.